The first-order chi connectivity index (χ1) is 15.1. The first-order valence-electron chi connectivity index (χ1n) is 10.1. The van der Waals surface area contributed by atoms with Gasteiger partial charge in [-0.05, 0) is 48.9 Å². The molecule has 0 amide bonds. The number of nitrogens with two attached hydrogens (primary N) is 1. The van der Waals surface area contributed by atoms with E-state index in [4.69, 9.17) is 15.2 Å². The lowest BCUT2D eigenvalue weighted by atomic mass is 10.2. The number of fused-ring (bicyclic) bond motifs is 1. The van der Waals surface area contributed by atoms with Crippen molar-refractivity contribution in [2.75, 3.05) is 42.3 Å². The van der Waals surface area contributed by atoms with Crippen LogP contribution < -0.4 is 20.7 Å². The van der Waals surface area contributed by atoms with E-state index in [1.807, 2.05) is 49.4 Å². The van der Waals surface area contributed by atoms with Gasteiger partial charge in [0.1, 0.15) is 23.1 Å². The Morgan fingerprint density at radius 2 is 1.97 bits per heavy atom. The Kier molecular flexibility index (Phi) is 5.01. The largest absolute Gasteiger partial charge is 0.457 e. The molecule has 5 rings (SSSR count). The summed E-state index contributed by atoms with van der Waals surface area (Å²) in [6, 6.07) is 13.6. The molecule has 1 aliphatic rings. The van der Waals surface area contributed by atoms with E-state index in [1.54, 1.807) is 6.20 Å². The van der Waals surface area contributed by atoms with Gasteiger partial charge < -0.3 is 25.4 Å². The average Bonchev–Trinajstić information content (AvgIpc) is 3.24. The molecule has 0 saturated carbocycles. The standard InChI is InChI=1S/C22H23N7O2/c1-14-10-16(2-5-19(14)31-17-3-4-18-15(11-17)13-24-28-18)25-20-12-21(27-22(23)26-20)29-6-8-30-9-7-29/h2-5,10-13H,6-9H2,1H3,(H,24,28)(H3,23,25,26,27). The van der Waals surface area contributed by atoms with Gasteiger partial charge >= 0.3 is 0 Å². The Bertz CT molecular complexity index is 1220. The molecule has 31 heavy (non-hydrogen) atoms. The van der Waals surface area contributed by atoms with Crippen LogP contribution in [0.25, 0.3) is 10.9 Å². The average molecular weight is 417 g/mol. The molecule has 0 aliphatic carbocycles. The van der Waals surface area contributed by atoms with Crippen LogP contribution in [0, 0.1) is 6.92 Å². The fourth-order valence-electron chi connectivity index (χ4n) is 3.57. The summed E-state index contributed by atoms with van der Waals surface area (Å²) in [6.45, 7) is 4.93. The van der Waals surface area contributed by atoms with E-state index in [0.717, 1.165) is 52.6 Å². The van der Waals surface area contributed by atoms with Crippen molar-refractivity contribution in [1.29, 1.82) is 0 Å². The molecule has 1 fully saturated rings. The number of hydrogen-bond acceptors (Lipinski definition) is 8. The summed E-state index contributed by atoms with van der Waals surface area (Å²) in [5, 5.41) is 11.3. The summed E-state index contributed by atoms with van der Waals surface area (Å²) in [4.78, 5) is 10.8. The second-order valence-electron chi connectivity index (χ2n) is 7.40. The number of aryl methyl sites for hydroxylation is 1. The molecule has 9 nitrogen and oxygen atoms in total. The lowest BCUT2D eigenvalue weighted by molar-refractivity contribution is 0.122. The molecule has 1 saturated heterocycles. The highest BCUT2D eigenvalue weighted by Crippen LogP contribution is 2.30. The van der Waals surface area contributed by atoms with Gasteiger partial charge in [0.25, 0.3) is 0 Å². The molecular formula is C22H23N7O2. The normalized spacial score (nSPS) is 14.0. The highest BCUT2D eigenvalue weighted by atomic mass is 16.5. The van der Waals surface area contributed by atoms with Crippen molar-refractivity contribution in [3.05, 3.63) is 54.2 Å². The molecule has 2 aromatic carbocycles. The highest BCUT2D eigenvalue weighted by Gasteiger charge is 2.15. The van der Waals surface area contributed by atoms with E-state index >= 15 is 0 Å². The molecule has 0 spiro atoms. The monoisotopic (exact) mass is 417 g/mol. The number of nitrogen functional groups attached to an aromatic ring is 1. The predicted molar refractivity (Wildman–Crippen MR) is 120 cm³/mol. The van der Waals surface area contributed by atoms with Crippen LogP contribution in [0.4, 0.5) is 23.3 Å². The summed E-state index contributed by atoms with van der Waals surface area (Å²) < 4.78 is 11.5. The second-order valence-corrected chi connectivity index (χ2v) is 7.40. The molecule has 0 bridgehead atoms. The zero-order valence-electron chi connectivity index (χ0n) is 17.1. The minimum Gasteiger partial charge on any atom is -0.457 e. The smallest absolute Gasteiger partial charge is 0.223 e. The number of rotatable bonds is 5. The van der Waals surface area contributed by atoms with Crippen LogP contribution in [0.1, 0.15) is 5.56 Å². The summed E-state index contributed by atoms with van der Waals surface area (Å²) in [5.41, 5.74) is 8.80. The van der Waals surface area contributed by atoms with Gasteiger partial charge in [0.15, 0.2) is 0 Å². The molecule has 0 unspecified atom stereocenters. The minimum atomic E-state index is 0.234. The molecule has 1 aliphatic heterocycles. The van der Waals surface area contributed by atoms with Gasteiger partial charge in [0, 0.05) is 30.2 Å². The molecule has 0 radical (unpaired) electrons. The van der Waals surface area contributed by atoms with Crippen LogP contribution in [-0.2, 0) is 4.74 Å². The Labute approximate surface area is 179 Å². The maximum absolute atomic E-state index is 6.08. The van der Waals surface area contributed by atoms with E-state index < -0.39 is 0 Å². The topological polar surface area (TPSA) is 114 Å². The van der Waals surface area contributed by atoms with E-state index in [1.165, 1.54) is 0 Å². The summed E-state index contributed by atoms with van der Waals surface area (Å²) in [7, 11) is 0. The van der Waals surface area contributed by atoms with Crippen molar-refractivity contribution in [1.82, 2.24) is 20.2 Å². The maximum atomic E-state index is 6.08. The first-order valence-corrected chi connectivity index (χ1v) is 10.1. The number of anilines is 4. The van der Waals surface area contributed by atoms with E-state index in [0.29, 0.717) is 19.0 Å². The Morgan fingerprint density at radius 1 is 1.10 bits per heavy atom. The molecular weight excluding hydrogens is 394 g/mol. The fourth-order valence-corrected chi connectivity index (χ4v) is 3.57. The number of H-pyrrole nitrogens is 1. The molecule has 4 aromatic rings. The van der Waals surface area contributed by atoms with Gasteiger partial charge in [-0.1, -0.05) is 0 Å². The number of morpholine rings is 1. The Morgan fingerprint density at radius 3 is 2.81 bits per heavy atom. The lowest BCUT2D eigenvalue weighted by Crippen LogP contribution is -2.36. The number of aromatic nitrogens is 4. The van der Waals surface area contributed by atoms with Crippen molar-refractivity contribution in [2.45, 2.75) is 6.92 Å². The van der Waals surface area contributed by atoms with E-state index in [9.17, 15) is 0 Å². The molecule has 158 valence electrons. The third kappa shape index (κ3) is 4.22. The number of ether oxygens (including phenoxy) is 2. The van der Waals surface area contributed by atoms with E-state index in [2.05, 4.69) is 30.4 Å². The highest BCUT2D eigenvalue weighted by molar-refractivity contribution is 5.79. The van der Waals surface area contributed by atoms with Crippen LogP contribution in [0.15, 0.2) is 48.7 Å². The number of nitrogens with one attached hydrogen (secondary N) is 2. The zero-order chi connectivity index (χ0) is 21.2. The van der Waals surface area contributed by atoms with Crippen LogP contribution in [-0.4, -0.2) is 46.5 Å². The third-order valence-electron chi connectivity index (χ3n) is 5.15. The molecule has 0 atom stereocenters. The number of hydrogen-bond donors (Lipinski definition) is 3. The predicted octanol–water partition coefficient (Wildman–Crippen LogP) is 3.62. The summed E-state index contributed by atoms with van der Waals surface area (Å²) >= 11 is 0. The van der Waals surface area contributed by atoms with Crippen molar-refractivity contribution < 1.29 is 9.47 Å². The van der Waals surface area contributed by atoms with E-state index in [-0.39, 0.29) is 5.95 Å². The van der Waals surface area contributed by atoms with Crippen LogP contribution in [0.2, 0.25) is 0 Å². The molecule has 4 N–H and O–H groups in total. The fraction of sp³-hybridized carbons (Fsp3) is 0.227. The SMILES string of the molecule is Cc1cc(Nc2cc(N3CCOCC3)nc(N)n2)ccc1Oc1ccc2[nH]ncc2c1. The number of benzene rings is 2. The second kappa shape index (κ2) is 8.11. The van der Waals surface area contributed by atoms with Crippen LogP contribution in [0.3, 0.4) is 0 Å². The molecule has 9 heteroatoms. The third-order valence-corrected chi connectivity index (χ3v) is 5.15. The van der Waals surface area contributed by atoms with Gasteiger partial charge in [-0.2, -0.15) is 15.1 Å². The Balaban J connectivity index is 1.33. The van der Waals surface area contributed by atoms with Gasteiger partial charge in [-0.25, -0.2) is 0 Å². The minimum absolute atomic E-state index is 0.234. The summed E-state index contributed by atoms with van der Waals surface area (Å²) in [5.74, 6) is 3.22. The quantitative estimate of drug-likeness (QED) is 0.451. The molecule has 3 heterocycles. The number of nitrogens with zero attached hydrogens (tertiary/aromatic N) is 4. The lowest BCUT2D eigenvalue weighted by Gasteiger charge is -2.28. The zero-order valence-corrected chi connectivity index (χ0v) is 17.1. The van der Waals surface area contributed by atoms with Crippen molar-refractivity contribution in [3.63, 3.8) is 0 Å². The number of aromatic amines is 1. The summed E-state index contributed by atoms with van der Waals surface area (Å²) in [6.07, 6.45) is 1.78. The van der Waals surface area contributed by atoms with Gasteiger partial charge in [-0.15, -0.1) is 0 Å². The first kappa shape index (κ1) is 19.1. The van der Waals surface area contributed by atoms with Gasteiger partial charge in [0.2, 0.25) is 5.95 Å². The molecule has 2 aromatic heterocycles. The van der Waals surface area contributed by atoms with Gasteiger partial charge in [-0.3, -0.25) is 5.10 Å². The van der Waals surface area contributed by atoms with Gasteiger partial charge in [0.05, 0.1) is 24.9 Å². The maximum Gasteiger partial charge on any atom is 0.223 e. The van der Waals surface area contributed by atoms with Crippen molar-refractivity contribution >= 4 is 34.2 Å². The van der Waals surface area contributed by atoms with Crippen LogP contribution >= 0.6 is 0 Å². The van der Waals surface area contributed by atoms with Crippen LogP contribution in [0.5, 0.6) is 11.5 Å². The Hall–Kier alpha value is -3.85. The van der Waals surface area contributed by atoms with Crippen molar-refractivity contribution in [2.24, 2.45) is 0 Å². The van der Waals surface area contributed by atoms with Crippen molar-refractivity contribution in [3.8, 4) is 11.5 Å².